The molecule has 0 atom stereocenters. The highest BCUT2D eigenvalue weighted by Gasteiger charge is 2.29. The van der Waals surface area contributed by atoms with Gasteiger partial charge in [0.2, 0.25) is 0 Å². The number of likely N-dealkylation sites (tertiary alicyclic amines) is 1. The van der Waals surface area contributed by atoms with Crippen LogP contribution < -0.4 is 5.32 Å². The Bertz CT molecular complexity index is 642. The van der Waals surface area contributed by atoms with Gasteiger partial charge < -0.3 is 20.1 Å². The van der Waals surface area contributed by atoms with Gasteiger partial charge in [0.25, 0.3) is 5.91 Å². The number of alkyl carbamates (subject to hydrolysis) is 1. The summed E-state index contributed by atoms with van der Waals surface area (Å²) in [5.41, 5.74) is -1.14. The Balaban J connectivity index is 1.94. The fourth-order valence-electron chi connectivity index (χ4n) is 2.63. The number of ether oxygens (including phenoxy) is 1. The SMILES string of the molecule is CC(C)(C)OC(=O)NC1CCN(C(=O)c2c(O)cc(F)cc2F)CC1. The lowest BCUT2D eigenvalue weighted by molar-refractivity contribution is 0.0473. The highest BCUT2D eigenvalue weighted by Crippen LogP contribution is 2.25. The van der Waals surface area contributed by atoms with E-state index >= 15 is 0 Å². The van der Waals surface area contributed by atoms with Gasteiger partial charge in [0.05, 0.1) is 0 Å². The molecule has 1 aliphatic rings. The average Bonchev–Trinajstić information content (AvgIpc) is 2.44. The van der Waals surface area contributed by atoms with Crippen molar-refractivity contribution in [1.82, 2.24) is 10.2 Å². The Morgan fingerprint density at radius 3 is 2.36 bits per heavy atom. The summed E-state index contributed by atoms with van der Waals surface area (Å²) in [5.74, 6) is -3.48. The first kappa shape index (κ1) is 19.0. The molecule has 2 rings (SSSR count). The smallest absolute Gasteiger partial charge is 0.407 e. The highest BCUT2D eigenvalue weighted by molar-refractivity contribution is 5.97. The minimum atomic E-state index is -1.10. The van der Waals surface area contributed by atoms with Gasteiger partial charge in [-0.2, -0.15) is 0 Å². The number of benzene rings is 1. The first-order chi connectivity index (χ1) is 11.6. The van der Waals surface area contributed by atoms with Crippen LogP contribution in [0, 0.1) is 11.6 Å². The third-order valence-electron chi connectivity index (χ3n) is 3.75. The number of carbonyl (C=O) groups excluding carboxylic acids is 2. The second kappa shape index (κ2) is 7.25. The van der Waals surface area contributed by atoms with Crippen molar-refractivity contribution in [2.45, 2.75) is 45.3 Å². The van der Waals surface area contributed by atoms with E-state index in [0.29, 0.717) is 25.0 Å². The van der Waals surface area contributed by atoms with Crippen LogP contribution in [-0.2, 0) is 4.74 Å². The number of nitrogens with one attached hydrogen (secondary N) is 1. The number of piperidine rings is 1. The van der Waals surface area contributed by atoms with E-state index in [2.05, 4.69) is 5.32 Å². The zero-order valence-corrected chi connectivity index (χ0v) is 14.4. The number of hydrogen-bond acceptors (Lipinski definition) is 4. The zero-order valence-electron chi connectivity index (χ0n) is 14.4. The number of rotatable bonds is 2. The zero-order chi connectivity index (χ0) is 18.8. The number of nitrogens with zero attached hydrogens (tertiary/aromatic N) is 1. The van der Waals surface area contributed by atoms with Crippen molar-refractivity contribution in [2.24, 2.45) is 0 Å². The third kappa shape index (κ3) is 5.04. The van der Waals surface area contributed by atoms with Gasteiger partial charge in [-0.15, -0.1) is 0 Å². The van der Waals surface area contributed by atoms with Crippen LogP contribution in [0.2, 0.25) is 0 Å². The second-order valence-corrected chi connectivity index (χ2v) is 6.99. The molecule has 1 aliphatic heterocycles. The molecule has 2 amide bonds. The van der Waals surface area contributed by atoms with E-state index in [1.54, 1.807) is 20.8 Å². The van der Waals surface area contributed by atoms with Crippen LogP contribution in [0.3, 0.4) is 0 Å². The molecule has 0 unspecified atom stereocenters. The van der Waals surface area contributed by atoms with Gasteiger partial charge in [0.1, 0.15) is 28.5 Å². The molecular formula is C17H22F2N2O4. The number of amides is 2. The number of phenols is 1. The number of phenolic OH excluding ortho intramolecular Hbond substituents is 1. The molecule has 25 heavy (non-hydrogen) atoms. The van der Waals surface area contributed by atoms with Crippen molar-refractivity contribution in [2.75, 3.05) is 13.1 Å². The Labute approximate surface area is 144 Å². The van der Waals surface area contributed by atoms with Crippen LogP contribution >= 0.6 is 0 Å². The molecule has 1 heterocycles. The molecule has 0 radical (unpaired) electrons. The van der Waals surface area contributed by atoms with Crippen LogP contribution in [0.5, 0.6) is 5.75 Å². The topological polar surface area (TPSA) is 78.9 Å². The third-order valence-corrected chi connectivity index (χ3v) is 3.75. The maximum absolute atomic E-state index is 13.8. The van der Waals surface area contributed by atoms with Gasteiger partial charge in [-0.3, -0.25) is 4.79 Å². The molecular weight excluding hydrogens is 334 g/mol. The van der Waals surface area contributed by atoms with Gasteiger partial charge in [-0.1, -0.05) is 0 Å². The second-order valence-electron chi connectivity index (χ2n) is 6.99. The first-order valence-corrected chi connectivity index (χ1v) is 8.03. The van der Waals surface area contributed by atoms with Crippen molar-refractivity contribution in [3.63, 3.8) is 0 Å². The number of hydrogen-bond donors (Lipinski definition) is 2. The van der Waals surface area contributed by atoms with Crippen molar-refractivity contribution in [3.8, 4) is 5.75 Å². The molecule has 0 saturated carbocycles. The average molecular weight is 356 g/mol. The van der Waals surface area contributed by atoms with E-state index in [4.69, 9.17) is 4.74 Å². The van der Waals surface area contributed by atoms with Gasteiger partial charge in [0.15, 0.2) is 0 Å². The largest absolute Gasteiger partial charge is 0.507 e. The van der Waals surface area contributed by atoms with E-state index in [-0.39, 0.29) is 19.1 Å². The Morgan fingerprint density at radius 1 is 1.24 bits per heavy atom. The predicted molar refractivity (Wildman–Crippen MR) is 86.3 cm³/mol. The Hall–Kier alpha value is -2.38. The molecule has 1 fully saturated rings. The van der Waals surface area contributed by atoms with Gasteiger partial charge in [0, 0.05) is 31.3 Å². The summed E-state index contributed by atoms with van der Waals surface area (Å²) in [6.45, 7) is 5.83. The summed E-state index contributed by atoms with van der Waals surface area (Å²) < 4.78 is 32.0. The van der Waals surface area contributed by atoms with Crippen molar-refractivity contribution < 1.29 is 28.2 Å². The molecule has 1 aromatic rings. The van der Waals surface area contributed by atoms with E-state index < -0.39 is 40.5 Å². The standard InChI is InChI=1S/C17H22F2N2O4/c1-17(2,3)25-16(24)20-11-4-6-21(7-5-11)15(23)14-12(19)8-10(18)9-13(14)22/h8-9,11,22H,4-7H2,1-3H3,(H,20,24). The van der Waals surface area contributed by atoms with E-state index in [9.17, 15) is 23.5 Å². The van der Waals surface area contributed by atoms with Crippen molar-refractivity contribution >= 4 is 12.0 Å². The molecule has 0 bridgehead atoms. The predicted octanol–water partition coefficient (Wildman–Crippen LogP) is 2.80. The molecule has 8 heteroatoms. The lowest BCUT2D eigenvalue weighted by Crippen LogP contribution is -2.47. The van der Waals surface area contributed by atoms with Crippen LogP contribution in [0.15, 0.2) is 12.1 Å². The number of aromatic hydroxyl groups is 1. The summed E-state index contributed by atoms with van der Waals surface area (Å²) in [6.07, 6.45) is 0.405. The van der Waals surface area contributed by atoms with Crippen LogP contribution in [0.4, 0.5) is 13.6 Å². The fraction of sp³-hybridized carbons (Fsp3) is 0.529. The number of carbonyl (C=O) groups is 2. The maximum atomic E-state index is 13.8. The van der Waals surface area contributed by atoms with Crippen molar-refractivity contribution in [3.05, 3.63) is 29.3 Å². The van der Waals surface area contributed by atoms with Gasteiger partial charge >= 0.3 is 6.09 Å². The molecule has 1 saturated heterocycles. The molecule has 0 spiro atoms. The number of halogens is 2. The lowest BCUT2D eigenvalue weighted by atomic mass is 10.0. The summed E-state index contributed by atoms with van der Waals surface area (Å²) in [7, 11) is 0. The van der Waals surface area contributed by atoms with E-state index in [0.717, 1.165) is 0 Å². The monoisotopic (exact) mass is 356 g/mol. The molecule has 138 valence electrons. The Kier molecular flexibility index (Phi) is 5.49. The summed E-state index contributed by atoms with van der Waals surface area (Å²) in [4.78, 5) is 25.5. The molecule has 6 nitrogen and oxygen atoms in total. The summed E-state index contributed by atoms with van der Waals surface area (Å²) in [6, 6.07) is 1.10. The normalized spacial score (nSPS) is 15.8. The molecule has 0 aliphatic carbocycles. The van der Waals surface area contributed by atoms with Crippen LogP contribution in [0.25, 0.3) is 0 Å². The minimum absolute atomic E-state index is 0.162. The quantitative estimate of drug-likeness (QED) is 0.854. The summed E-state index contributed by atoms with van der Waals surface area (Å²) >= 11 is 0. The first-order valence-electron chi connectivity index (χ1n) is 8.03. The summed E-state index contributed by atoms with van der Waals surface area (Å²) in [5, 5.41) is 12.4. The van der Waals surface area contributed by atoms with E-state index in [1.807, 2.05) is 0 Å². The minimum Gasteiger partial charge on any atom is -0.507 e. The van der Waals surface area contributed by atoms with Crippen LogP contribution in [-0.4, -0.2) is 46.7 Å². The molecule has 0 aromatic heterocycles. The molecule has 2 N–H and O–H groups in total. The molecule has 1 aromatic carbocycles. The Morgan fingerprint density at radius 2 is 1.84 bits per heavy atom. The van der Waals surface area contributed by atoms with Gasteiger partial charge in [-0.05, 0) is 33.6 Å². The van der Waals surface area contributed by atoms with Crippen LogP contribution in [0.1, 0.15) is 44.0 Å². The highest BCUT2D eigenvalue weighted by atomic mass is 19.1. The maximum Gasteiger partial charge on any atom is 0.407 e. The lowest BCUT2D eigenvalue weighted by Gasteiger charge is -2.33. The van der Waals surface area contributed by atoms with Crippen molar-refractivity contribution in [1.29, 1.82) is 0 Å². The fourth-order valence-corrected chi connectivity index (χ4v) is 2.63. The van der Waals surface area contributed by atoms with E-state index in [1.165, 1.54) is 4.90 Å². The van der Waals surface area contributed by atoms with Gasteiger partial charge in [-0.25, -0.2) is 13.6 Å².